The average Bonchev–Trinajstić information content (AvgIpc) is 3.86. The largest absolute Gasteiger partial charge is 0.501 e. The van der Waals surface area contributed by atoms with Gasteiger partial charge in [-0.3, -0.25) is 0 Å². The normalized spacial score (nSPS) is 13.0. The number of hydrogen-bond acceptors (Lipinski definition) is 3. The van der Waals surface area contributed by atoms with Crippen molar-refractivity contribution in [1.29, 1.82) is 0 Å². The molecule has 3 aromatic heterocycles. The topological polar surface area (TPSA) is 38.9 Å². The van der Waals surface area contributed by atoms with Crippen LogP contribution in [-0.4, -0.2) is 18.0 Å². The van der Waals surface area contributed by atoms with Gasteiger partial charge in [-0.05, 0) is 64.2 Å². The van der Waals surface area contributed by atoms with E-state index in [0.29, 0.717) is 0 Å². The van der Waals surface area contributed by atoms with Gasteiger partial charge in [0.05, 0.1) is 13.7 Å². The smallest absolute Gasteiger partial charge is 0.121 e. The molecule has 1 aliphatic rings. The first-order valence-corrected chi connectivity index (χ1v) is 22.7. The van der Waals surface area contributed by atoms with Crippen LogP contribution in [0.1, 0.15) is 36.8 Å². The molecule has 0 bridgehead atoms. The summed E-state index contributed by atoms with van der Waals surface area (Å²) in [5.41, 5.74) is 13.0. The van der Waals surface area contributed by atoms with Crippen LogP contribution in [0.3, 0.4) is 0 Å². The second kappa shape index (κ2) is 16.8. The fraction of sp³-hybridized carbons (Fsp3) is 0.200. The molecule has 9 rings (SSSR count). The molecule has 1 fully saturated rings. The maximum Gasteiger partial charge on any atom is 0.121 e. The Morgan fingerprint density at radius 1 is 0.673 bits per heavy atom. The van der Waals surface area contributed by atoms with E-state index in [1.807, 2.05) is 36.5 Å². The third-order valence-electron chi connectivity index (χ3n) is 10.8. The summed E-state index contributed by atoms with van der Waals surface area (Å²) in [5.74, 6) is 0.880. The molecule has 5 heteroatoms. The van der Waals surface area contributed by atoms with E-state index in [1.165, 1.54) is 48.8 Å². The molecular weight excluding hydrogens is 865 g/mol. The Kier molecular flexibility index (Phi) is 11.7. The molecule has 3 heterocycles. The molecule has 1 saturated carbocycles. The van der Waals surface area contributed by atoms with Gasteiger partial charge < -0.3 is 14.4 Å². The predicted octanol–water partition coefficient (Wildman–Crippen LogP) is 12.9. The molecule has 0 saturated heterocycles. The Labute approximate surface area is 340 Å². The van der Waals surface area contributed by atoms with Crippen molar-refractivity contribution in [1.82, 2.24) is 9.97 Å². The molecular formula is C50H46IrN2OSi-2. The van der Waals surface area contributed by atoms with Crippen molar-refractivity contribution in [2.24, 2.45) is 5.92 Å². The molecule has 0 spiro atoms. The number of nitrogens with zero attached hydrogens (tertiary/aromatic N) is 2. The standard InChI is InChI=1S/C30H20NO.C20H26NSi.Ir/c1-20-17-28(31-19-27(20)22-11-6-3-7-12-22)26-14-8-13-25-24-16-15-23(18-29(24)32-30(25)26)21-9-4-2-5-10-21;1-22(2,3)20-15-21-19(17-11-5-4-6-12-17)14-18(20)13-16-9-7-8-10-16;/h2-13,15-19H,1H3;4-6,11,14-16H,7-10,13H2,1-3H3;/q2*-1;. The summed E-state index contributed by atoms with van der Waals surface area (Å²) >= 11 is 0. The quantitative estimate of drug-likeness (QED) is 0.118. The van der Waals surface area contributed by atoms with Gasteiger partial charge in [-0.2, -0.15) is 0 Å². The summed E-state index contributed by atoms with van der Waals surface area (Å²) in [7, 11) is -1.35. The van der Waals surface area contributed by atoms with Crippen molar-refractivity contribution in [3.63, 3.8) is 0 Å². The fourth-order valence-corrected chi connectivity index (χ4v) is 9.51. The van der Waals surface area contributed by atoms with E-state index in [0.717, 1.165) is 61.5 Å². The van der Waals surface area contributed by atoms with Crippen LogP contribution in [0.4, 0.5) is 0 Å². The number of aromatic nitrogens is 2. The molecule has 0 N–H and O–H groups in total. The fourth-order valence-electron chi connectivity index (χ4n) is 7.92. The van der Waals surface area contributed by atoms with Crippen molar-refractivity contribution in [3.05, 3.63) is 163 Å². The van der Waals surface area contributed by atoms with E-state index in [2.05, 4.69) is 142 Å². The van der Waals surface area contributed by atoms with Crippen LogP contribution in [0, 0.1) is 25.0 Å². The molecule has 5 aromatic carbocycles. The summed E-state index contributed by atoms with van der Waals surface area (Å²) < 4.78 is 6.38. The molecule has 1 radical (unpaired) electrons. The Morgan fingerprint density at radius 3 is 2.07 bits per heavy atom. The monoisotopic (exact) mass is 911 g/mol. The van der Waals surface area contributed by atoms with Gasteiger partial charge in [0.25, 0.3) is 0 Å². The van der Waals surface area contributed by atoms with Gasteiger partial charge in [0, 0.05) is 43.4 Å². The number of rotatable bonds is 7. The van der Waals surface area contributed by atoms with E-state index in [1.54, 1.807) is 10.8 Å². The van der Waals surface area contributed by atoms with Gasteiger partial charge in [-0.1, -0.05) is 147 Å². The molecule has 1 aliphatic carbocycles. The van der Waals surface area contributed by atoms with Crippen LogP contribution in [-0.2, 0) is 26.5 Å². The van der Waals surface area contributed by atoms with Gasteiger partial charge in [0.2, 0.25) is 0 Å². The summed E-state index contributed by atoms with van der Waals surface area (Å²) in [6.07, 6.45) is 11.0. The van der Waals surface area contributed by atoms with Crippen LogP contribution in [0.15, 0.2) is 144 Å². The van der Waals surface area contributed by atoms with Crippen molar-refractivity contribution in [2.45, 2.75) is 58.7 Å². The van der Waals surface area contributed by atoms with Crippen LogP contribution < -0.4 is 5.19 Å². The minimum absolute atomic E-state index is 0. The zero-order valence-electron chi connectivity index (χ0n) is 32.0. The third-order valence-corrected chi connectivity index (χ3v) is 12.8. The predicted molar refractivity (Wildman–Crippen MR) is 229 cm³/mol. The molecule has 0 amide bonds. The molecule has 8 aromatic rings. The van der Waals surface area contributed by atoms with E-state index >= 15 is 0 Å². The Morgan fingerprint density at radius 2 is 1.38 bits per heavy atom. The average molecular weight is 911 g/mol. The number of furan rings is 1. The van der Waals surface area contributed by atoms with Crippen LogP contribution in [0.5, 0.6) is 0 Å². The van der Waals surface area contributed by atoms with Gasteiger partial charge in [0.15, 0.2) is 0 Å². The second-order valence-electron chi connectivity index (χ2n) is 15.6. The molecule has 0 atom stereocenters. The molecule has 3 nitrogen and oxygen atoms in total. The third kappa shape index (κ3) is 8.50. The Balaban J connectivity index is 0.000000178. The van der Waals surface area contributed by atoms with Crippen LogP contribution >= 0.6 is 0 Å². The van der Waals surface area contributed by atoms with E-state index in [9.17, 15) is 0 Å². The first-order chi connectivity index (χ1) is 26.3. The van der Waals surface area contributed by atoms with Gasteiger partial charge in [-0.15, -0.1) is 54.1 Å². The molecule has 0 unspecified atom stereocenters. The summed E-state index contributed by atoms with van der Waals surface area (Å²) in [6.45, 7) is 9.40. The van der Waals surface area contributed by atoms with E-state index < -0.39 is 8.07 Å². The summed E-state index contributed by atoms with van der Waals surface area (Å²) in [4.78, 5) is 9.53. The SMILES string of the molecule is C[Si](C)(C)c1cnc(-c2[c-]cccc2)cc1CC1CCCC1.Cc1cc(-c2[c-]ccc3c2oc2cc(-c4ccccc4)ccc23)ncc1-c1ccccc1.[Ir]. The number of fused-ring (bicyclic) bond motifs is 3. The molecule has 277 valence electrons. The van der Waals surface area contributed by atoms with Crippen molar-refractivity contribution in [3.8, 4) is 44.8 Å². The number of aryl methyl sites for hydroxylation is 1. The van der Waals surface area contributed by atoms with Gasteiger partial charge >= 0.3 is 0 Å². The van der Waals surface area contributed by atoms with Crippen LogP contribution in [0.25, 0.3) is 66.7 Å². The molecule has 0 aliphatic heterocycles. The number of pyridine rings is 2. The number of hydrogen-bond donors (Lipinski definition) is 0. The van der Waals surface area contributed by atoms with Crippen LogP contribution in [0.2, 0.25) is 19.6 Å². The zero-order chi connectivity index (χ0) is 37.1. The Bertz CT molecular complexity index is 2520. The summed E-state index contributed by atoms with van der Waals surface area (Å²) in [6, 6.07) is 50.5. The first-order valence-electron chi connectivity index (χ1n) is 19.2. The number of benzene rings is 5. The Hall–Kier alpha value is -4.93. The van der Waals surface area contributed by atoms with E-state index in [-0.39, 0.29) is 20.1 Å². The van der Waals surface area contributed by atoms with Gasteiger partial charge in [-0.25, -0.2) is 0 Å². The van der Waals surface area contributed by atoms with Crippen molar-refractivity contribution >= 4 is 35.2 Å². The first kappa shape index (κ1) is 38.3. The van der Waals surface area contributed by atoms with Crippen molar-refractivity contribution in [2.75, 3.05) is 0 Å². The second-order valence-corrected chi connectivity index (χ2v) is 20.7. The maximum absolute atomic E-state index is 6.38. The maximum atomic E-state index is 6.38. The van der Waals surface area contributed by atoms with Gasteiger partial charge in [0.1, 0.15) is 5.58 Å². The molecule has 55 heavy (non-hydrogen) atoms. The zero-order valence-corrected chi connectivity index (χ0v) is 35.4. The van der Waals surface area contributed by atoms with Crippen molar-refractivity contribution < 1.29 is 24.5 Å². The minimum atomic E-state index is -1.35. The summed E-state index contributed by atoms with van der Waals surface area (Å²) in [5, 5.41) is 3.73. The minimum Gasteiger partial charge on any atom is -0.501 e. The van der Waals surface area contributed by atoms with E-state index in [4.69, 9.17) is 14.4 Å².